The lowest BCUT2D eigenvalue weighted by Gasteiger charge is -2.05. The highest BCUT2D eigenvalue weighted by atomic mass is 16.6. The highest BCUT2D eigenvalue weighted by molar-refractivity contribution is 5.52. The van der Waals surface area contributed by atoms with Crippen LogP contribution < -0.4 is 0 Å². The molecule has 0 saturated heterocycles. The third-order valence-corrected chi connectivity index (χ3v) is 2.41. The summed E-state index contributed by atoms with van der Waals surface area (Å²) in [5.41, 5.74) is 1.31. The van der Waals surface area contributed by atoms with Gasteiger partial charge in [-0.05, 0) is 18.1 Å². The summed E-state index contributed by atoms with van der Waals surface area (Å²) in [7, 11) is 0. The predicted octanol–water partition coefficient (Wildman–Crippen LogP) is 2.49. The Morgan fingerprint density at radius 1 is 1.35 bits per heavy atom. The van der Waals surface area contributed by atoms with E-state index in [4.69, 9.17) is 10.5 Å². The fraction of sp³-hybridized carbons (Fsp3) is 0.333. The first-order valence-corrected chi connectivity index (χ1v) is 5.21. The summed E-state index contributed by atoms with van der Waals surface area (Å²) >= 11 is 0. The minimum atomic E-state index is -0.552. The maximum atomic E-state index is 10.8. The zero-order chi connectivity index (χ0) is 12.8. The van der Waals surface area contributed by atoms with Gasteiger partial charge in [0.2, 0.25) is 0 Å². The average molecular weight is 229 g/mol. The van der Waals surface area contributed by atoms with Gasteiger partial charge < -0.3 is 0 Å². The van der Waals surface area contributed by atoms with Crippen LogP contribution in [-0.2, 0) is 12.8 Å². The van der Waals surface area contributed by atoms with Crippen molar-refractivity contribution in [2.24, 2.45) is 0 Å². The van der Waals surface area contributed by atoms with Crippen LogP contribution in [0.4, 0.5) is 5.69 Å². The topological polar surface area (TPSA) is 90.7 Å². The molecular formula is C12H11N3O2. The smallest absolute Gasteiger partial charge is 0.258 e. The lowest BCUT2D eigenvalue weighted by Crippen LogP contribution is -2.00. The second-order valence-corrected chi connectivity index (χ2v) is 3.59. The Kier molecular flexibility index (Phi) is 4.19. The van der Waals surface area contributed by atoms with E-state index in [-0.39, 0.29) is 12.1 Å². The van der Waals surface area contributed by atoms with Gasteiger partial charge in [0.1, 0.15) is 0 Å². The maximum absolute atomic E-state index is 10.8. The van der Waals surface area contributed by atoms with Crippen molar-refractivity contribution in [3.63, 3.8) is 0 Å². The van der Waals surface area contributed by atoms with E-state index in [1.54, 1.807) is 6.07 Å². The summed E-state index contributed by atoms with van der Waals surface area (Å²) in [6.45, 7) is 1.96. The molecule has 5 heteroatoms. The molecule has 0 unspecified atom stereocenters. The summed E-state index contributed by atoms with van der Waals surface area (Å²) in [5, 5.41) is 28.4. The van der Waals surface area contributed by atoms with Crippen LogP contribution in [-0.4, -0.2) is 4.92 Å². The highest BCUT2D eigenvalue weighted by Gasteiger charge is 2.17. The maximum Gasteiger partial charge on any atom is 0.274 e. The monoisotopic (exact) mass is 229 g/mol. The van der Waals surface area contributed by atoms with Gasteiger partial charge >= 0.3 is 0 Å². The van der Waals surface area contributed by atoms with E-state index in [9.17, 15) is 10.1 Å². The first-order chi connectivity index (χ1) is 8.13. The van der Waals surface area contributed by atoms with Gasteiger partial charge in [0.25, 0.3) is 5.69 Å². The van der Waals surface area contributed by atoms with Crippen LogP contribution in [0.25, 0.3) is 0 Å². The molecule has 0 aliphatic heterocycles. The molecule has 86 valence electrons. The van der Waals surface area contributed by atoms with E-state index in [2.05, 4.69) is 0 Å². The van der Waals surface area contributed by atoms with Crippen LogP contribution in [0.2, 0.25) is 0 Å². The van der Waals surface area contributed by atoms with Gasteiger partial charge in [0, 0.05) is 11.6 Å². The normalized spacial score (nSPS) is 9.35. The van der Waals surface area contributed by atoms with E-state index in [1.807, 2.05) is 19.1 Å². The van der Waals surface area contributed by atoms with Gasteiger partial charge in [0.15, 0.2) is 0 Å². The fourth-order valence-corrected chi connectivity index (χ4v) is 1.66. The molecular weight excluding hydrogens is 218 g/mol. The first kappa shape index (κ1) is 12.7. The molecule has 17 heavy (non-hydrogen) atoms. The molecule has 0 atom stereocenters. The molecule has 0 radical (unpaired) electrons. The molecule has 0 bridgehead atoms. The Morgan fingerprint density at radius 2 is 2.06 bits per heavy atom. The summed E-state index contributed by atoms with van der Waals surface area (Å²) in [6.07, 6.45) is 1.51. The van der Waals surface area contributed by atoms with Crippen molar-refractivity contribution in [1.29, 1.82) is 10.5 Å². The van der Waals surface area contributed by atoms with Gasteiger partial charge in [0.05, 0.1) is 29.0 Å². The number of nitro groups is 1. The van der Waals surface area contributed by atoms with Crippen molar-refractivity contribution in [3.05, 3.63) is 38.9 Å². The van der Waals surface area contributed by atoms with Gasteiger partial charge in [-0.3, -0.25) is 10.1 Å². The van der Waals surface area contributed by atoms with Crippen LogP contribution in [0, 0.1) is 32.8 Å². The number of nitriles is 2. The summed E-state index contributed by atoms with van der Waals surface area (Å²) < 4.78 is 0. The van der Waals surface area contributed by atoms with Gasteiger partial charge in [-0.25, -0.2) is 0 Å². The number of hydrogen-bond donors (Lipinski definition) is 0. The Labute approximate surface area is 99.1 Å². The minimum absolute atomic E-state index is 0.0151. The second kappa shape index (κ2) is 5.62. The number of aryl methyl sites for hydroxylation is 1. The van der Waals surface area contributed by atoms with Crippen molar-refractivity contribution in [2.45, 2.75) is 26.2 Å². The molecule has 0 N–H and O–H groups in total. The Bertz CT molecular complexity index is 524. The third-order valence-electron chi connectivity index (χ3n) is 2.41. The lowest BCUT2D eigenvalue weighted by atomic mass is 9.98. The van der Waals surface area contributed by atoms with Crippen molar-refractivity contribution in [3.8, 4) is 12.1 Å². The molecule has 1 aromatic carbocycles. The van der Waals surface area contributed by atoms with E-state index in [1.165, 1.54) is 6.07 Å². The Balaban J connectivity index is 3.38. The second-order valence-electron chi connectivity index (χ2n) is 3.59. The quantitative estimate of drug-likeness (QED) is 0.585. The van der Waals surface area contributed by atoms with Crippen molar-refractivity contribution < 1.29 is 4.92 Å². The lowest BCUT2D eigenvalue weighted by molar-refractivity contribution is -0.385. The largest absolute Gasteiger partial charge is 0.274 e. The van der Waals surface area contributed by atoms with E-state index >= 15 is 0 Å². The van der Waals surface area contributed by atoms with Crippen LogP contribution in [0.5, 0.6) is 0 Å². The van der Waals surface area contributed by atoms with Crippen LogP contribution in [0.1, 0.15) is 30.0 Å². The summed E-state index contributed by atoms with van der Waals surface area (Å²) in [4.78, 5) is 10.3. The molecule has 0 heterocycles. The molecule has 1 aromatic rings. The number of nitro benzene ring substituents is 1. The van der Waals surface area contributed by atoms with Gasteiger partial charge in [-0.15, -0.1) is 0 Å². The SMILES string of the molecule is CCCc1cc(CC#N)c([N+](=O)[O-])cc1C#N. The van der Waals surface area contributed by atoms with Crippen molar-refractivity contribution >= 4 is 5.69 Å². The number of nitrogens with zero attached hydrogens (tertiary/aromatic N) is 3. The van der Waals surface area contributed by atoms with E-state index in [0.717, 1.165) is 12.0 Å². The molecule has 5 nitrogen and oxygen atoms in total. The summed E-state index contributed by atoms with van der Waals surface area (Å²) in [6, 6.07) is 6.72. The average Bonchev–Trinajstić information content (AvgIpc) is 2.30. The zero-order valence-corrected chi connectivity index (χ0v) is 9.43. The van der Waals surface area contributed by atoms with E-state index < -0.39 is 4.92 Å². The first-order valence-electron chi connectivity index (χ1n) is 5.21. The number of rotatable bonds is 4. The number of benzene rings is 1. The zero-order valence-electron chi connectivity index (χ0n) is 9.43. The van der Waals surface area contributed by atoms with Gasteiger partial charge in [-0.1, -0.05) is 13.3 Å². The third kappa shape index (κ3) is 2.79. The standard InChI is InChI=1S/C12H11N3O2/c1-2-3-9-6-10(4-5-13)12(15(16)17)7-11(9)8-14/h6-7H,2-4H2,1H3. The molecule has 0 aromatic heterocycles. The molecule has 0 fully saturated rings. The minimum Gasteiger partial charge on any atom is -0.258 e. The van der Waals surface area contributed by atoms with Crippen LogP contribution in [0.3, 0.4) is 0 Å². The molecule has 0 aliphatic rings. The van der Waals surface area contributed by atoms with Crippen molar-refractivity contribution in [2.75, 3.05) is 0 Å². The molecule has 1 rings (SSSR count). The molecule has 0 amide bonds. The highest BCUT2D eigenvalue weighted by Crippen LogP contribution is 2.24. The van der Waals surface area contributed by atoms with Crippen molar-refractivity contribution in [1.82, 2.24) is 0 Å². The van der Waals surface area contributed by atoms with Crippen LogP contribution in [0.15, 0.2) is 12.1 Å². The van der Waals surface area contributed by atoms with Gasteiger partial charge in [-0.2, -0.15) is 10.5 Å². The van der Waals surface area contributed by atoms with Crippen LogP contribution >= 0.6 is 0 Å². The summed E-state index contributed by atoms with van der Waals surface area (Å²) in [5.74, 6) is 0. The molecule has 0 aliphatic carbocycles. The molecule has 0 spiro atoms. The number of hydrogen-bond acceptors (Lipinski definition) is 4. The predicted molar refractivity (Wildman–Crippen MR) is 61.1 cm³/mol. The molecule has 0 saturated carbocycles. The Morgan fingerprint density at radius 3 is 2.53 bits per heavy atom. The fourth-order valence-electron chi connectivity index (χ4n) is 1.66. The van der Waals surface area contributed by atoms with E-state index in [0.29, 0.717) is 17.5 Å². The Hall–Kier alpha value is -2.40.